The topological polar surface area (TPSA) is 62.6 Å². The number of likely N-dealkylation sites (tertiary alicyclic amines) is 1. The van der Waals surface area contributed by atoms with Crippen LogP contribution >= 0.6 is 0 Å². The SMILES string of the molecule is Cc1ccc(S(=O)(=O)N2CCC(c3c(C)n(CC(=O)N4CCCC4)c4ccccc34)CC2)cc1C. The zero-order valence-electron chi connectivity index (χ0n) is 21.0. The van der Waals surface area contributed by atoms with E-state index in [1.165, 1.54) is 10.9 Å². The Morgan fingerprint density at radius 1 is 0.914 bits per heavy atom. The number of benzene rings is 2. The maximum Gasteiger partial charge on any atom is 0.243 e. The number of amides is 1. The van der Waals surface area contributed by atoms with Gasteiger partial charge in [-0.1, -0.05) is 24.3 Å². The Kier molecular flexibility index (Phi) is 6.49. The van der Waals surface area contributed by atoms with Gasteiger partial charge in [0.25, 0.3) is 0 Å². The van der Waals surface area contributed by atoms with Crippen LogP contribution in [0.25, 0.3) is 10.9 Å². The lowest BCUT2D eigenvalue weighted by Crippen LogP contribution is -2.38. The molecular formula is C28H35N3O3S. The van der Waals surface area contributed by atoms with Crippen LogP contribution in [0.1, 0.15) is 54.0 Å². The van der Waals surface area contributed by atoms with Gasteiger partial charge in [-0.05, 0) is 87.3 Å². The summed E-state index contributed by atoms with van der Waals surface area (Å²) in [5.41, 5.74) is 5.59. The molecule has 1 aromatic heterocycles. The molecule has 0 aliphatic carbocycles. The number of sulfonamides is 1. The molecule has 0 unspecified atom stereocenters. The predicted molar refractivity (Wildman–Crippen MR) is 139 cm³/mol. The second kappa shape index (κ2) is 9.43. The first-order chi connectivity index (χ1) is 16.8. The van der Waals surface area contributed by atoms with Crippen LogP contribution in [0.2, 0.25) is 0 Å². The summed E-state index contributed by atoms with van der Waals surface area (Å²) >= 11 is 0. The zero-order valence-corrected chi connectivity index (χ0v) is 21.8. The Morgan fingerprint density at radius 3 is 2.29 bits per heavy atom. The minimum atomic E-state index is -3.50. The van der Waals surface area contributed by atoms with Crippen molar-refractivity contribution in [3.8, 4) is 0 Å². The summed E-state index contributed by atoms with van der Waals surface area (Å²) in [7, 11) is -3.50. The number of fused-ring (bicyclic) bond motifs is 1. The summed E-state index contributed by atoms with van der Waals surface area (Å²) in [5, 5.41) is 1.19. The van der Waals surface area contributed by atoms with E-state index in [1.807, 2.05) is 30.9 Å². The fourth-order valence-corrected chi connectivity index (χ4v) is 7.34. The van der Waals surface area contributed by atoms with Crippen molar-refractivity contribution in [1.82, 2.24) is 13.8 Å². The number of para-hydroxylation sites is 1. The predicted octanol–water partition coefficient (Wildman–Crippen LogP) is 4.76. The quantitative estimate of drug-likeness (QED) is 0.515. The summed E-state index contributed by atoms with van der Waals surface area (Å²) in [6, 6.07) is 13.7. The summed E-state index contributed by atoms with van der Waals surface area (Å²) in [6.45, 7) is 9.16. The first-order valence-corrected chi connectivity index (χ1v) is 14.1. The number of carbonyl (C=O) groups excluding carboxylic acids is 1. The third-order valence-electron chi connectivity index (χ3n) is 8.01. The first kappa shape index (κ1) is 24.1. The monoisotopic (exact) mass is 493 g/mol. The van der Waals surface area contributed by atoms with E-state index in [0.29, 0.717) is 24.5 Å². The summed E-state index contributed by atoms with van der Waals surface area (Å²) < 4.78 is 30.4. The standard InChI is InChI=1S/C28H35N3O3S/c1-20-10-11-24(18-21(20)2)35(33,34)30-16-12-23(13-17-30)28-22(3)31(26-9-5-4-8-25(26)28)19-27(32)29-14-6-7-15-29/h4-5,8-11,18,23H,6-7,12-17,19H2,1-3H3. The number of nitrogens with zero attached hydrogens (tertiary/aromatic N) is 3. The van der Waals surface area contributed by atoms with Gasteiger partial charge in [-0.2, -0.15) is 4.31 Å². The van der Waals surface area contributed by atoms with Gasteiger partial charge in [0, 0.05) is 42.8 Å². The second-order valence-corrected chi connectivity index (χ2v) is 12.1. The van der Waals surface area contributed by atoms with E-state index in [-0.39, 0.29) is 11.8 Å². The molecule has 2 aliphatic rings. The molecule has 0 bridgehead atoms. The summed E-state index contributed by atoms with van der Waals surface area (Å²) in [6.07, 6.45) is 3.73. The first-order valence-electron chi connectivity index (χ1n) is 12.7. The largest absolute Gasteiger partial charge is 0.341 e. The van der Waals surface area contributed by atoms with Crippen molar-refractivity contribution in [2.24, 2.45) is 0 Å². The number of hydrogen-bond acceptors (Lipinski definition) is 3. The molecule has 186 valence electrons. The van der Waals surface area contributed by atoms with Gasteiger partial charge in [0.15, 0.2) is 0 Å². The summed E-state index contributed by atoms with van der Waals surface area (Å²) in [5.74, 6) is 0.460. The fraction of sp³-hybridized carbons (Fsp3) is 0.464. The Hall–Kier alpha value is -2.64. The van der Waals surface area contributed by atoms with Gasteiger partial charge >= 0.3 is 0 Å². The van der Waals surface area contributed by atoms with Gasteiger partial charge in [0.05, 0.1) is 4.90 Å². The van der Waals surface area contributed by atoms with Gasteiger partial charge in [-0.15, -0.1) is 0 Å². The Labute approximate surface area is 208 Å². The van der Waals surface area contributed by atoms with Crippen LogP contribution in [0, 0.1) is 20.8 Å². The van der Waals surface area contributed by atoms with E-state index in [1.54, 1.807) is 16.4 Å². The molecular weight excluding hydrogens is 458 g/mol. The lowest BCUT2D eigenvalue weighted by atomic mass is 9.88. The number of piperidine rings is 1. The molecule has 6 nitrogen and oxygen atoms in total. The second-order valence-electron chi connectivity index (χ2n) is 10.1. The van der Waals surface area contributed by atoms with Gasteiger partial charge < -0.3 is 9.47 Å². The highest BCUT2D eigenvalue weighted by Gasteiger charge is 2.32. The van der Waals surface area contributed by atoms with Crippen molar-refractivity contribution in [3.63, 3.8) is 0 Å². The molecule has 2 saturated heterocycles. The highest BCUT2D eigenvalue weighted by Crippen LogP contribution is 2.38. The number of hydrogen-bond donors (Lipinski definition) is 0. The van der Waals surface area contributed by atoms with E-state index in [2.05, 4.69) is 29.7 Å². The molecule has 0 spiro atoms. The van der Waals surface area contributed by atoms with Gasteiger partial charge in [0.1, 0.15) is 6.54 Å². The molecule has 0 N–H and O–H groups in total. The molecule has 3 aromatic rings. The molecule has 2 aliphatic heterocycles. The fourth-order valence-electron chi connectivity index (χ4n) is 5.79. The maximum atomic E-state index is 13.3. The van der Waals surface area contributed by atoms with Crippen LogP contribution in [0.4, 0.5) is 0 Å². The van der Waals surface area contributed by atoms with Crippen molar-refractivity contribution in [1.29, 1.82) is 0 Å². The molecule has 0 saturated carbocycles. The Bertz CT molecular complexity index is 1360. The average molecular weight is 494 g/mol. The summed E-state index contributed by atoms with van der Waals surface area (Å²) in [4.78, 5) is 15.3. The number of rotatable bonds is 5. The highest BCUT2D eigenvalue weighted by molar-refractivity contribution is 7.89. The van der Waals surface area contributed by atoms with Gasteiger partial charge in [-0.25, -0.2) is 8.42 Å². The van der Waals surface area contributed by atoms with Gasteiger partial charge in [-0.3, -0.25) is 4.79 Å². The maximum absolute atomic E-state index is 13.3. The molecule has 7 heteroatoms. The van der Waals surface area contributed by atoms with Crippen molar-refractivity contribution in [3.05, 3.63) is 64.8 Å². The molecule has 3 heterocycles. The molecule has 1 amide bonds. The molecule has 2 fully saturated rings. The third-order valence-corrected chi connectivity index (χ3v) is 9.90. The molecule has 35 heavy (non-hydrogen) atoms. The van der Waals surface area contributed by atoms with E-state index in [9.17, 15) is 13.2 Å². The Morgan fingerprint density at radius 2 is 1.60 bits per heavy atom. The number of carbonyl (C=O) groups is 1. The molecule has 2 aromatic carbocycles. The normalized spacial score (nSPS) is 18.0. The van der Waals surface area contributed by atoms with Crippen molar-refractivity contribution >= 4 is 26.8 Å². The lowest BCUT2D eigenvalue weighted by Gasteiger charge is -2.32. The van der Waals surface area contributed by atoms with Crippen molar-refractivity contribution < 1.29 is 13.2 Å². The molecule has 0 radical (unpaired) electrons. The smallest absolute Gasteiger partial charge is 0.243 e. The van der Waals surface area contributed by atoms with Crippen molar-refractivity contribution in [2.75, 3.05) is 26.2 Å². The number of aromatic nitrogens is 1. The van der Waals surface area contributed by atoms with E-state index in [4.69, 9.17) is 0 Å². The lowest BCUT2D eigenvalue weighted by molar-refractivity contribution is -0.130. The average Bonchev–Trinajstić information content (AvgIpc) is 3.48. The zero-order chi connectivity index (χ0) is 24.7. The van der Waals surface area contributed by atoms with E-state index in [0.717, 1.165) is 61.1 Å². The van der Waals surface area contributed by atoms with Crippen LogP contribution in [0.3, 0.4) is 0 Å². The third kappa shape index (κ3) is 4.40. The van der Waals surface area contributed by atoms with Crippen LogP contribution in [-0.4, -0.2) is 54.3 Å². The van der Waals surface area contributed by atoms with Gasteiger partial charge in [0.2, 0.25) is 15.9 Å². The van der Waals surface area contributed by atoms with Crippen LogP contribution in [0.5, 0.6) is 0 Å². The molecule has 5 rings (SSSR count). The van der Waals surface area contributed by atoms with Crippen LogP contribution in [-0.2, 0) is 21.4 Å². The highest BCUT2D eigenvalue weighted by atomic mass is 32.2. The number of aryl methyl sites for hydroxylation is 2. The Balaban J connectivity index is 1.38. The minimum absolute atomic E-state index is 0.187. The van der Waals surface area contributed by atoms with E-state index >= 15 is 0 Å². The minimum Gasteiger partial charge on any atom is -0.341 e. The van der Waals surface area contributed by atoms with Crippen LogP contribution in [0.15, 0.2) is 47.4 Å². The van der Waals surface area contributed by atoms with Crippen LogP contribution < -0.4 is 0 Å². The molecule has 0 atom stereocenters. The van der Waals surface area contributed by atoms with E-state index < -0.39 is 10.0 Å². The van der Waals surface area contributed by atoms with Crippen molar-refractivity contribution in [2.45, 2.75) is 63.8 Å².